The Morgan fingerprint density at radius 1 is 1.40 bits per heavy atom. The molecule has 0 aliphatic carbocycles. The number of hydrogen-bond acceptors (Lipinski definition) is 4. The van der Waals surface area contributed by atoms with Gasteiger partial charge in [0, 0.05) is 31.5 Å². The van der Waals surface area contributed by atoms with E-state index in [4.69, 9.17) is 15.2 Å². The van der Waals surface area contributed by atoms with Crippen LogP contribution in [0.4, 0.5) is 5.69 Å². The lowest BCUT2D eigenvalue weighted by molar-refractivity contribution is 0.0146. The predicted molar refractivity (Wildman–Crippen MR) is 78.0 cm³/mol. The zero-order valence-electron chi connectivity index (χ0n) is 12.1. The number of carbonyl (C=O) groups is 1. The van der Waals surface area contributed by atoms with Crippen LogP contribution in [-0.2, 0) is 4.74 Å². The maximum atomic E-state index is 12.4. The average Bonchev–Trinajstić information content (AvgIpc) is 2.47. The van der Waals surface area contributed by atoms with Gasteiger partial charge in [-0.1, -0.05) is 0 Å². The van der Waals surface area contributed by atoms with Crippen LogP contribution in [0.2, 0.25) is 0 Å². The van der Waals surface area contributed by atoms with Crippen LogP contribution in [0.1, 0.15) is 30.1 Å². The molecule has 20 heavy (non-hydrogen) atoms. The molecule has 1 aliphatic heterocycles. The normalized spacial score (nSPS) is 16.2. The summed E-state index contributed by atoms with van der Waals surface area (Å²) < 4.78 is 10.7. The molecule has 1 aromatic rings. The Bertz CT molecular complexity index is 468. The second-order valence-corrected chi connectivity index (χ2v) is 4.90. The molecule has 2 N–H and O–H groups in total. The van der Waals surface area contributed by atoms with Crippen LogP contribution >= 0.6 is 0 Å². The quantitative estimate of drug-likeness (QED) is 0.855. The van der Waals surface area contributed by atoms with Crippen molar-refractivity contribution in [2.45, 2.75) is 25.9 Å². The molecule has 5 heteroatoms. The van der Waals surface area contributed by atoms with Crippen molar-refractivity contribution in [1.29, 1.82) is 0 Å². The lowest BCUT2D eigenvalue weighted by Crippen LogP contribution is -2.41. The minimum Gasteiger partial charge on any atom is -0.497 e. The summed E-state index contributed by atoms with van der Waals surface area (Å²) >= 11 is 0. The van der Waals surface area contributed by atoms with Crippen LogP contribution in [0.15, 0.2) is 18.2 Å². The minimum atomic E-state index is -0.0138. The van der Waals surface area contributed by atoms with Crippen molar-refractivity contribution in [3.8, 4) is 5.75 Å². The minimum absolute atomic E-state index is 0.0138. The molecule has 1 aliphatic rings. The van der Waals surface area contributed by atoms with Crippen molar-refractivity contribution in [1.82, 2.24) is 4.90 Å². The third-order valence-electron chi connectivity index (χ3n) is 3.62. The summed E-state index contributed by atoms with van der Waals surface area (Å²) in [5.41, 5.74) is 6.93. The lowest BCUT2D eigenvalue weighted by atomic mass is 10.1. The topological polar surface area (TPSA) is 64.8 Å². The molecule has 1 aromatic carbocycles. The van der Waals surface area contributed by atoms with Gasteiger partial charge in [-0.25, -0.2) is 0 Å². The molecule has 5 nitrogen and oxygen atoms in total. The number of benzene rings is 1. The van der Waals surface area contributed by atoms with E-state index in [0.29, 0.717) is 17.0 Å². The summed E-state index contributed by atoms with van der Waals surface area (Å²) in [5, 5.41) is 0. The summed E-state index contributed by atoms with van der Waals surface area (Å²) in [6, 6.07) is 5.17. The van der Waals surface area contributed by atoms with E-state index in [1.54, 1.807) is 25.3 Å². The Labute approximate surface area is 119 Å². The number of rotatable bonds is 4. The van der Waals surface area contributed by atoms with Crippen LogP contribution in [0.5, 0.6) is 5.75 Å². The van der Waals surface area contributed by atoms with Crippen LogP contribution in [-0.4, -0.2) is 43.7 Å². The van der Waals surface area contributed by atoms with Gasteiger partial charge >= 0.3 is 0 Å². The molecule has 0 saturated carbocycles. The van der Waals surface area contributed by atoms with Crippen molar-refractivity contribution in [3.05, 3.63) is 23.8 Å². The molecule has 1 amide bonds. The Hall–Kier alpha value is -1.75. The summed E-state index contributed by atoms with van der Waals surface area (Å²) in [5.74, 6) is 0.647. The lowest BCUT2D eigenvalue weighted by Gasteiger charge is -2.32. The number of hydrogen-bond donors (Lipinski definition) is 1. The third kappa shape index (κ3) is 3.22. The average molecular weight is 278 g/mol. The van der Waals surface area contributed by atoms with Crippen molar-refractivity contribution in [2.24, 2.45) is 0 Å². The highest BCUT2D eigenvalue weighted by molar-refractivity contribution is 5.99. The van der Waals surface area contributed by atoms with E-state index >= 15 is 0 Å². The number of nitrogens with zero attached hydrogens (tertiary/aromatic N) is 1. The van der Waals surface area contributed by atoms with Gasteiger partial charge in [0.25, 0.3) is 5.91 Å². The SMILES string of the molecule is CCOC1CCN(C(=O)c2ccc(OC)cc2N)CC1. The maximum absolute atomic E-state index is 12.4. The number of anilines is 1. The van der Waals surface area contributed by atoms with Gasteiger partial charge in [0.1, 0.15) is 5.75 Å². The molecule has 1 fully saturated rings. The van der Waals surface area contributed by atoms with Gasteiger partial charge in [-0.05, 0) is 31.9 Å². The molecule has 1 saturated heterocycles. The summed E-state index contributed by atoms with van der Waals surface area (Å²) in [6.45, 7) is 4.16. The van der Waals surface area contributed by atoms with E-state index in [0.717, 1.165) is 32.5 Å². The van der Waals surface area contributed by atoms with Gasteiger partial charge in [0.05, 0.1) is 18.8 Å². The number of nitrogen functional groups attached to an aromatic ring is 1. The molecule has 1 heterocycles. The summed E-state index contributed by atoms with van der Waals surface area (Å²) in [4.78, 5) is 14.3. The molecule has 0 atom stereocenters. The highest BCUT2D eigenvalue weighted by Gasteiger charge is 2.24. The standard InChI is InChI=1S/C15H22N2O3/c1-3-20-11-6-8-17(9-7-11)15(18)13-5-4-12(19-2)10-14(13)16/h4-5,10-11H,3,6-9,16H2,1-2H3. The van der Waals surface area contributed by atoms with Gasteiger partial charge < -0.3 is 20.1 Å². The van der Waals surface area contributed by atoms with Gasteiger partial charge in [-0.15, -0.1) is 0 Å². The van der Waals surface area contributed by atoms with Crippen LogP contribution in [0.3, 0.4) is 0 Å². The molecule has 0 radical (unpaired) electrons. The Kier molecular flexibility index (Phi) is 4.84. The molecular weight excluding hydrogens is 256 g/mol. The summed E-state index contributed by atoms with van der Waals surface area (Å²) in [7, 11) is 1.58. The number of ether oxygens (including phenoxy) is 2. The molecule has 0 aromatic heterocycles. The first-order chi connectivity index (χ1) is 9.65. The number of amides is 1. The first kappa shape index (κ1) is 14.7. The van der Waals surface area contributed by atoms with Crippen LogP contribution < -0.4 is 10.5 Å². The zero-order chi connectivity index (χ0) is 14.5. The van der Waals surface area contributed by atoms with Gasteiger partial charge in [-0.2, -0.15) is 0 Å². The Morgan fingerprint density at radius 2 is 2.10 bits per heavy atom. The van der Waals surface area contributed by atoms with E-state index < -0.39 is 0 Å². The van der Waals surface area contributed by atoms with Crippen LogP contribution in [0, 0.1) is 0 Å². The summed E-state index contributed by atoms with van der Waals surface area (Å²) in [6.07, 6.45) is 2.04. The smallest absolute Gasteiger partial charge is 0.255 e. The monoisotopic (exact) mass is 278 g/mol. The highest BCUT2D eigenvalue weighted by atomic mass is 16.5. The fourth-order valence-corrected chi connectivity index (χ4v) is 2.49. The fraction of sp³-hybridized carbons (Fsp3) is 0.533. The second kappa shape index (κ2) is 6.61. The number of likely N-dealkylation sites (tertiary alicyclic amines) is 1. The van der Waals surface area contributed by atoms with Gasteiger partial charge in [0.2, 0.25) is 0 Å². The maximum Gasteiger partial charge on any atom is 0.255 e. The predicted octanol–water partition coefficient (Wildman–Crippen LogP) is 1.92. The van der Waals surface area contributed by atoms with Crippen molar-refractivity contribution >= 4 is 11.6 Å². The van der Waals surface area contributed by atoms with Crippen molar-refractivity contribution in [2.75, 3.05) is 32.5 Å². The number of methoxy groups -OCH3 is 1. The first-order valence-electron chi connectivity index (χ1n) is 7.00. The van der Waals surface area contributed by atoms with Crippen molar-refractivity contribution in [3.63, 3.8) is 0 Å². The molecule has 110 valence electrons. The third-order valence-corrected chi connectivity index (χ3v) is 3.62. The van der Waals surface area contributed by atoms with E-state index in [-0.39, 0.29) is 12.0 Å². The molecule has 0 unspecified atom stereocenters. The molecule has 0 spiro atoms. The molecule has 0 bridgehead atoms. The number of piperidine rings is 1. The van der Waals surface area contributed by atoms with E-state index in [1.165, 1.54) is 0 Å². The zero-order valence-corrected chi connectivity index (χ0v) is 12.1. The number of nitrogens with two attached hydrogens (primary N) is 1. The van der Waals surface area contributed by atoms with E-state index in [1.807, 2.05) is 11.8 Å². The van der Waals surface area contributed by atoms with E-state index in [2.05, 4.69) is 0 Å². The second-order valence-electron chi connectivity index (χ2n) is 4.90. The van der Waals surface area contributed by atoms with Crippen molar-refractivity contribution < 1.29 is 14.3 Å². The van der Waals surface area contributed by atoms with E-state index in [9.17, 15) is 4.79 Å². The first-order valence-corrected chi connectivity index (χ1v) is 7.00. The Morgan fingerprint density at radius 3 is 2.65 bits per heavy atom. The molecule has 2 rings (SSSR count). The fourth-order valence-electron chi connectivity index (χ4n) is 2.49. The number of carbonyl (C=O) groups excluding carboxylic acids is 1. The largest absolute Gasteiger partial charge is 0.497 e. The van der Waals surface area contributed by atoms with Crippen LogP contribution in [0.25, 0.3) is 0 Å². The van der Waals surface area contributed by atoms with Gasteiger partial charge in [0.15, 0.2) is 0 Å². The molecular formula is C15H22N2O3. The van der Waals surface area contributed by atoms with Gasteiger partial charge in [-0.3, -0.25) is 4.79 Å². The Balaban J connectivity index is 2.02. The highest BCUT2D eigenvalue weighted by Crippen LogP contribution is 2.23.